The molecule has 1 aliphatic heterocycles. The first-order valence-corrected chi connectivity index (χ1v) is 8.43. The Bertz CT molecular complexity index is 864. The maximum absolute atomic E-state index is 13.8. The second kappa shape index (κ2) is 8.63. The van der Waals surface area contributed by atoms with Crippen LogP contribution in [0, 0.1) is 17.2 Å². The molecule has 29 heavy (non-hydrogen) atoms. The number of nitriles is 1. The number of methoxy groups -OCH3 is 1. The molecule has 0 radical (unpaired) electrons. The molecule has 0 aliphatic carbocycles. The molecule has 1 saturated heterocycles. The highest BCUT2D eigenvalue weighted by Crippen LogP contribution is 2.41. The van der Waals surface area contributed by atoms with Crippen molar-refractivity contribution in [2.45, 2.75) is 32.9 Å². The Morgan fingerprint density at radius 2 is 1.83 bits per heavy atom. The number of carbonyl (C=O) groups is 1. The van der Waals surface area contributed by atoms with Gasteiger partial charge in [-0.05, 0) is 17.9 Å². The van der Waals surface area contributed by atoms with E-state index in [2.05, 4.69) is 9.72 Å². The fraction of sp³-hybridized carbons (Fsp3) is 0.500. The average molecular weight is 420 g/mol. The molecule has 2 rings (SSSR count). The van der Waals surface area contributed by atoms with Crippen molar-refractivity contribution in [3.63, 3.8) is 0 Å². The van der Waals surface area contributed by atoms with Crippen LogP contribution in [-0.2, 0) is 26.8 Å². The number of rotatable bonds is 5. The number of ether oxygens (including phenoxy) is 3. The monoisotopic (exact) mass is 420 g/mol. The van der Waals surface area contributed by atoms with E-state index in [1.807, 2.05) is 0 Å². The van der Waals surface area contributed by atoms with Gasteiger partial charge in [-0.1, -0.05) is 13.8 Å². The average Bonchev–Trinajstić information content (AvgIpc) is 3.15. The van der Waals surface area contributed by atoms with Gasteiger partial charge in [-0.3, -0.25) is 0 Å². The smallest absolute Gasteiger partial charge is 0.434 e. The number of pyridine rings is 1. The van der Waals surface area contributed by atoms with Crippen molar-refractivity contribution < 1.29 is 41.0 Å². The molecule has 158 valence electrons. The summed E-state index contributed by atoms with van der Waals surface area (Å²) < 4.78 is 83.1. The zero-order valence-corrected chi connectivity index (χ0v) is 15.7. The maximum atomic E-state index is 13.8. The van der Waals surface area contributed by atoms with Gasteiger partial charge in [0.05, 0.1) is 12.7 Å². The lowest BCUT2D eigenvalue weighted by Gasteiger charge is -2.22. The molecule has 0 spiro atoms. The first-order valence-electron chi connectivity index (χ1n) is 8.43. The molecule has 0 amide bonds. The molecule has 0 unspecified atom stereocenters. The predicted molar refractivity (Wildman–Crippen MR) is 88.5 cm³/mol. The van der Waals surface area contributed by atoms with Gasteiger partial charge in [0.1, 0.15) is 30.6 Å². The highest BCUT2D eigenvalue weighted by Gasteiger charge is 2.43. The molecular weight excluding hydrogens is 403 g/mol. The third-order valence-electron chi connectivity index (χ3n) is 3.92. The molecule has 1 aliphatic rings. The first kappa shape index (κ1) is 22.4. The van der Waals surface area contributed by atoms with E-state index in [4.69, 9.17) is 9.47 Å². The van der Waals surface area contributed by atoms with Crippen LogP contribution in [-0.4, -0.2) is 31.3 Å². The lowest BCUT2D eigenvalue weighted by molar-refractivity contribution is -0.141. The number of hydrogen-bond donors (Lipinski definition) is 0. The minimum absolute atomic E-state index is 0.00617. The molecule has 0 saturated carbocycles. The molecule has 1 aromatic rings. The van der Waals surface area contributed by atoms with Crippen LogP contribution in [0.15, 0.2) is 5.95 Å². The Morgan fingerprint density at radius 1 is 1.24 bits per heavy atom. The van der Waals surface area contributed by atoms with E-state index in [0.29, 0.717) is 0 Å². The number of esters is 1. The van der Waals surface area contributed by atoms with Crippen LogP contribution in [0.3, 0.4) is 0 Å². The summed E-state index contributed by atoms with van der Waals surface area (Å²) in [5.74, 6) is -2.12. The molecule has 1 aromatic heterocycles. The van der Waals surface area contributed by atoms with Crippen molar-refractivity contribution in [2.24, 2.45) is 5.92 Å². The topological polar surface area (TPSA) is 81.4 Å². The maximum Gasteiger partial charge on any atom is 0.434 e. The molecule has 11 heteroatoms. The largest absolute Gasteiger partial charge is 0.465 e. The number of carbonyl (C=O) groups excluding carboxylic acids is 1. The van der Waals surface area contributed by atoms with E-state index in [9.17, 15) is 32.0 Å². The fourth-order valence-electron chi connectivity index (χ4n) is 2.89. The van der Waals surface area contributed by atoms with Crippen LogP contribution >= 0.6 is 0 Å². The van der Waals surface area contributed by atoms with Gasteiger partial charge in [-0.15, -0.1) is 0 Å². The zero-order valence-electron chi connectivity index (χ0n) is 15.7. The van der Waals surface area contributed by atoms with E-state index in [1.165, 1.54) is 0 Å². The number of nitrogens with zero attached hydrogens (tertiary/aromatic N) is 2. The molecule has 0 atom stereocenters. The Hall–Kier alpha value is -2.90. The number of allylic oxidation sites excluding steroid dienone is 1. The summed E-state index contributed by atoms with van der Waals surface area (Å²) in [5.41, 5.74) is -5.81. The van der Waals surface area contributed by atoms with E-state index in [-0.39, 0.29) is 25.6 Å². The first-order chi connectivity index (χ1) is 13.5. The number of halogens is 5. The van der Waals surface area contributed by atoms with Crippen molar-refractivity contribution in [1.82, 2.24) is 4.98 Å². The van der Waals surface area contributed by atoms with Gasteiger partial charge in [-0.2, -0.15) is 18.4 Å². The predicted octanol–water partition coefficient (Wildman–Crippen LogP) is 4.26. The van der Waals surface area contributed by atoms with Crippen LogP contribution in [0.1, 0.15) is 53.1 Å². The van der Waals surface area contributed by atoms with Gasteiger partial charge in [0, 0.05) is 5.56 Å². The van der Waals surface area contributed by atoms with Gasteiger partial charge < -0.3 is 14.2 Å². The Kier molecular flexibility index (Phi) is 6.66. The molecule has 1 fully saturated rings. The van der Waals surface area contributed by atoms with Gasteiger partial charge >= 0.3 is 12.1 Å². The highest BCUT2D eigenvalue weighted by atomic mass is 19.4. The normalized spacial score (nSPS) is 13.9. The molecule has 0 N–H and O–H groups in total. The van der Waals surface area contributed by atoms with Crippen molar-refractivity contribution in [2.75, 3.05) is 20.3 Å². The Labute approximate surface area is 162 Å². The molecule has 0 bridgehead atoms. The summed E-state index contributed by atoms with van der Waals surface area (Å²) in [4.78, 5) is 15.3. The second-order valence-corrected chi connectivity index (χ2v) is 6.43. The fourth-order valence-corrected chi connectivity index (χ4v) is 2.89. The quantitative estimate of drug-likeness (QED) is 0.402. The van der Waals surface area contributed by atoms with Gasteiger partial charge in [0.2, 0.25) is 0 Å². The van der Waals surface area contributed by atoms with Crippen molar-refractivity contribution in [1.29, 1.82) is 5.26 Å². The van der Waals surface area contributed by atoms with Crippen LogP contribution < -0.4 is 0 Å². The SMILES string of the molecule is COC(=O)c1c(C(F)F)nc(C(F)(F)F)c(C(C#N)=C2OCCO2)c1CC(C)C. The Balaban J connectivity index is 3.07. The summed E-state index contributed by atoms with van der Waals surface area (Å²) in [7, 11) is 0.904. The van der Waals surface area contributed by atoms with Crippen LogP contribution in [0.5, 0.6) is 0 Å². The highest BCUT2D eigenvalue weighted by molar-refractivity contribution is 5.95. The van der Waals surface area contributed by atoms with Crippen LogP contribution in [0.25, 0.3) is 5.57 Å². The summed E-state index contributed by atoms with van der Waals surface area (Å²) in [6.07, 6.45) is -8.91. The Morgan fingerprint density at radius 3 is 2.24 bits per heavy atom. The van der Waals surface area contributed by atoms with Gasteiger partial charge in [0.15, 0.2) is 5.69 Å². The van der Waals surface area contributed by atoms with E-state index in [0.717, 1.165) is 7.11 Å². The van der Waals surface area contributed by atoms with Crippen molar-refractivity contribution in [3.05, 3.63) is 34.0 Å². The minimum Gasteiger partial charge on any atom is -0.465 e. The number of hydrogen-bond acceptors (Lipinski definition) is 6. The lowest BCUT2D eigenvalue weighted by atomic mass is 9.88. The molecule has 0 aromatic carbocycles. The second-order valence-electron chi connectivity index (χ2n) is 6.43. The van der Waals surface area contributed by atoms with E-state index < -0.39 is 58.2 Å². The van der Waals surface area contributed by atoms with Crippen molar-refractivity contribution in [3.8, 4) is 6.07 Å². The standard InChI is InChI=1S/C18H17F5N2O4/c1-8(2)6-9-11(10(7-24)17-28-4-5-29-17)14(18(21,22)23)25-13(15(19)20)12(9)16(26)27-3/h8,15H,4-6H2,1-3H3. The minimum atomic E-state index is -5.19. The zero-order chi connectivity index (χ0) is 21.9. The van der Waals surface area contributed by atoms with Crippen molar-refractivity contribution >= 4 is 11.5 Å². The number of aromatic nitrogens is 1. The van der Waals surface area contributed by atoms with E-state index in [1.54, 1.807) is 19.9 Å². The third kappa shape index (κ3) is 4.58. The van der Waals surface area contributed by atoms with Crippen LogP contribution in [0.2, 0.25) is 0 Å². The molecule has 2 heterocycles. The summed E-state index contributed by atoms with van der Waals surface area (Å²) in [6, 6.07) is 1.57. The van der Waals surface area contributed by atoms with Gasteiger partial charge in [0.25, 0.3) is 12.4 Å². The third-order valence-corrected chi connectivity index (χ3v) is 3.92. The summed E-state index contributed by atoms with van der Waals surface area (Å²) >= 11 is 0. The summed E-state index contributed by atoms with van der Waals surface area (Å²) in [5, 5.41) is 9.53. The van der Waals surface area contributed by atoms with E-state index >= 15 is 0 Å². The molecule has 6 nitrogen and oxygen atoms in total. The molecular formula is C18H17F5N2O4. The van der Waals surface area contributed by atoms with Crippen LogP contribution in [0.4, 0.5) is 22.0 Å². The lowest BCUT2D eigenvalue weighted by Crippen LogP contribution is -2.22. The number of alkyl halides is 5. The summed E-state index contributed by atoms with van der Waals surface area (Å²) in [6.45, 7) is 3.21. The van der Waals surface area contributed by atoms with Gasteiger partial charge in [-0.25, -0.2) is 18.6 Å².